The lowest BCUT2D eigenvalue weighted by atomic mass is 9.93. The van der Waals surface area contributed by atoms with E-state index in [9.17, 15) is 0 Å². The molecule has 1 N–H and O–H groups in total. The lowest BCUT2D eigenvalue weighted by Crippen LogP contribution is -2.37. The van der Waals surface area contributed by atoms with Crippen LogP contribution in [0.3, 0.4) is 0 Å². The predicted octanol–water partition coefficient (Wildman–Crippen LogP) is 3.21. The van der Waals surface area contributed by atoms with Crippen LogP contribution in [-0.2, 0) is 0 Å². The van der Waals surface area contributed by atoms with E-state index in [0.717, 1.165) is 13.0 Å². The molecule has 17 heavy (non-hydrogen) atoms. The first kappa shape index (κ1) is 12.4. The summed E-state index contributed by atoms with van der Waals surface area (Å²) in [6.45, 7) is 1.27. The van der Waals surface area contributed by atoms with Crippen molar-refractivity contribution >= 4 is 5.69 Å². The van der Waals surface area contributed by atoms with Gasteiger partial charge in [-0.3, -0.25) is 0 Å². The number of anilines is 1. The average Bonchev–Trinajstić information content (AvgIpc) is 2.42. The first-order valence-corrected chi connectivity index (χ1v) is 6.84. The quantitative estimate of drug-likeness (QED) is 0.844. The van der Waals surface area contributed by atoms with Crippen LogP contribution in [0, 0.1) is 0 Å². The second-order valence-electron chi connectivity index (χ2n) is 4.90. The Morgan fingerprint density at radius 3 is 2.41 bits per heavy atom. The van der Waals surface area contributed by atoms with Gasteiger partial charge in [-0.25, -0.2) is 0 Å². The fraction of sp³-hybridized carbons (Fsp3) is 0.600. The smallest absolute Gasteiger partial charge is 0.0447 e. The number of rotatable bonds is 5. The molecule has 2 heteroatoms. The molecule has 0 aliphatic heterocycles. The number of benzene rings is 1. The normalized spacial score (nSPS) is 17.0. The molecule has 0 saturated heterocycles. The van der Waals surface area contributed by atoms with Gasteiger partial charge in [0, 0.05) is 24.9 Å². The molecule has 1 aromatic rings. The highest BCUT2D eigenvalue weighted by Gasteiger charge is 2.20. The number of para-hydroxylation sites is 1. The van der Waals surface area contributed by atoms with E-state index >= 15 is 0 Å². The van der Waals surface area contributed by atoms with E-state index < -0.39 is 0 Å². The molecule has 1 aliphatic carbocycles. The zero-order valence-electron chi connectivity index (χ0n) is 10.5. The summed E-state index contributed by atoms with van der Waals surface area (Å²) in [5, 5.41) is 9.03. The van der Waals surface area contributed by atoms with Crippen molar-refractivity contribution in [1.29, 1.82) is 0 Å². The summed E-state index contributed by atoms with van der Waals surface area (Å²) >= 11 is 0. The lowest BCUT2D eigenvalue weighted by molar-refractivity contribution is 0.285. The van der Waals surface area contributed by atoms with Gasteiger partial charge in [0.15, 0.2) is 0 Å². The number of aliphatic hydroxyl groups excluding tert-OH is 1. The highest BCUT2D eigenvalue weighted by Crippen LogP contribution is 2.27. The van der Waals surface area contributed by atoms with Gasteiger partial charge in [-0.15, -0.1) is 0 Å². The minimum Gasteiger partial charge on any atom is -0.396 e. The summed E-state index contributed by atoms with van der Waals surface area (Å²) in [6.07, 6.45) is 7.57. The Kier molecular flexibility index (Phi) is 4.87. The summed E-state index contributed by atoms with van der Waals surface area (Å²) in [5.41, 5.74) is 1.31. The van der Waals surface area contributed by atoms with E-state index in [2.05, 4.69) is 35.2 Å². The minimum atomic E-state index is 0.288. The number of nitrogens with zero attached hydrogens (tertiary/aromatic N) is 1. The molecule has 1 fully saturated rings. The molecule has 1 aliphatic rings. The standard InChI is InChI=1S/C15H23NO/c17-13-7-12-16(14-8-3-1-4-9-14)15-10-5-2-6-11-15/h1,3-4,8-9,15,17H,2,5-7,10-13H2. The number of hydrogen-bond donors (Lipinski definition) is 1. The molecule has 0 heterocycles. The van der Waals surface area contributed by atoms with Crippen molar-refractivity contribution in [3.8, 4) is 0 Å². The molecular formula is C15H23NO. The largest absolute Gasteiger partial charge is 0.396 e. The van der Waals surface area contributed by atoms with Crippen molar-refractivity contribution in [1.82, 2.24) is 0 Å². The third-order valence-corrected chi connectivity index (χ3v) is 3.66. The highest BCUT2D eigenvalue weighted by atomic mass is 16.3. The van der Waals surface area contributed by atoms with Gasteiger partial charge in [0.2, 0.25) is 0 Å². The molecule has 1 saturated carbocycles. The van der Waals surface area contributed by atoms with Gasteiger partial charge in [-0.05, 0) is 31.4 Å². The topological polar surface area (TPSA) is 23.5 Å². The summed E-state index contributed by atoms with van der Waals surface area (Å²) in [5.74, 6) is 0. The van der Waals surface area contributed by atoms with Crippen molar-refractivity contribution < 1.29 is 5.11 Å². The molecule has 0 unspecified atom stereocenters. The SMILES string of the molecule is OCCCN(c1ccccc1)C1CCCCC1. The second-order valence-corrected chi connectivity index (χ2v) is 4.90. The zero-order valence-corrected chi connectivity index (χ0v) is 10.5. The van der Waals surface area contributed by atoms with E-state index in [0.29, 0.717) is 6.04 Å². The maximum atomic E-state index is 9.03. The van der Waals surface area contributed by atoms with Crippen LogP contribution in [-0.4, -0.2) is 24.3 Å². The van der Waals surface area contributed by atoms with Gasteiger partial charge < -0.3 is 10.0 Å². The molecule has 0 radical (unpaired) electrons. The Labute approximate surface area is 104 Å². The molecule has 94 valence electrons. The summed E-state index contributed by atoms with van der Waals surface area (Å²) in [4.78, 5) is 2.50. The average molecular weight is 233 g/mol. The van der Waals surface area contributed by atoms with Crippen LogP contribution in [0.4, 0.5) is 5.69 Å². The van der Waals surface area contributed by atoms with Crippen LogP contribution in [0.15, 0.2) is 30.3 Å². The van der Waals surface area contributed by atoms with Crippen LogP contribution < -0.4 is 4.90 Å². The Balaban J connectivity index is 2.06. The van der Waals surface area contributed by atoms with Crippen molar-refractivity contribution in [2.24, 2.45) is 0 Å². The Hall–Kier alpha value is -1.02. The van der Waals surface area contributed by atoms with E-state index in [1.54, 1.807) is 0 Å². The summed E-state index contributed by atoms with van der Waals surface area (Å²) in [7, 11) is 0. The first-order chi connectivity index (χ1) is 8.42. The van der Waals surface area contributed by atoms with E-state index in [1.807, 2.05) is 0 Å². The Morgan fingerprint density at radius 2 is 1.76 bits per heavy atom. The molecule has 0 amide bonds. The van der Waals surface area contributed by atoms with Gasteiger partial charge >= 0.3 is 0 Å². The van der Waals surface area contributed by atoms with E-state index in [-0.39, 0.29) is 6.61 Å². The van der Waals surface area contributed by atoms with Crippen LogP contribution in [0.25, 0.3) is 0 Å². The highest BCUT2D eigenvalue weighted by molar-refractivity contribution is 5.47. The molecular weight excluding hydrogens is 210 g/mol. The van der Waals surface area contributed by atoms with Gasteiger partial charge in [0.1, 0.15) is 0 Å². The maximum absolute atomic E-state index is 9.03. The van der Waals surface area contributed by atoms with Crippen LogP contribution in [0.5, 0.6) is 0 Å². The summed E-state index contributed by atoms with van der Waals surface area (Å²) in [6, 6.07) is 11.3. The molecule has 0 atom stereocenters. The molecule has 2 nitrogen and oxygen atoms in total. The summed E-state index contributed by atoms with van der Waals surface area (Å²) < 4.78 is 0. The van der Waals surface area contributed by atoms with Crippen LogP contribution in [0.1, 0.15) is 38.5 Å². The fourth-order valence-electron chi connectivity index (χ4n) is 2.78. The van der Waals surface area contributed by atoms with Crippen molar-refractivity contribution in [3.05, 3.63) is 30.3 Å². The molecule has 0 bridgehead atoms. The van der Waals surface area contributed by atoms with Gasteiger partial charge in [0.05, 0.1) is 0 Å². The maximum Gasteiger partial charge on any atom is 0.0447 e. The van der Waals surface area contributed by atoms with E-state index in [4.69, 9.17) is 5.11 Å². The molecule has 0 spiro atoms. The van der Waals surface area contributed by atoms with E-state index in [1.165, 1.54) is 37.8 Å². The monoisotopic (exact) mass is 233 g/mol. The van der Waals surface area contributed by atoms with Gasteiger partial charge in [0.25, 0.3) is 0 Å². The zero-order chi connectivity index (χ0) is 11.9. The van der Waals surface area contributed by atoms with Crippen LogP contribution >= 0.6 is 0 Å². The van der Waals surface area contributed by atoms with Crippen molar-refractivity contribution in [2.75, 3.05) is 18.1 Å². The van der Waals surface area contributed by atoms with Crippen LogP contribution in [0.2, 0.25) is 0 Å². The fourth-order valence-corrected chi connectivity index (χ4v) is 2.78. The van der Waals surface area contributed by atoms with Crippen molar-refractivity contribution in [2.45, 2.75) is 44.6 Å². The second kappa shape index (κ2) is 6.65. The Bertz CT molecular complexity index is 306. The molecule has 0 aromatic heterocycles. The lowest BCUT2D eigenvalue weighted by Gasteiger charge is -2.36. The minimum absolute atomic E-state index is 0.288. The molecule has 1 aromatic carbocycles. The first-order valence-electron chi connectivity index (χ1n) is 6.84. The number of hydrogen-bond acceptors (Lipinski definition) is 2. The predicted molar refractivity (Wildman–Crippen MR) is 72.4 cm³/mol. The third-order valence-electron chi connectivity index (χ3n) is 3.66. The van der Waals surface area contributed by atoms with Crippen molar-refractivity contribution in [3.63, 3.8) is 0 Å². The third kappa shape index (κ3) is 3.47. The Morgan fingerprint density at radius 1 is 1.06 bits per heavy atom. The van der Waals surface area contributed by atoms with Gasteiger partial charge in [-0.1, -0.05) is 37.5 Å². The van der Waals surface area contributed by atoms with Gasteiger partial charge in [-0.2, -0.15) is 0 Å². The number of aliphatic hydroxyl groups is 1. The molecule has 2 rings (SSSR count).